The van der Waals surface area contributed by atoms with Crippen LogP contribution < -0.4 is 5.32 Å². The summed E-state index contributed by atoms with van der Waals surface area (Å²) in [6.45, 7) is 0. The van der Waals surface area contributed by atoms with E-state index in [0.717, 1.165) is 20.1 Å². The third-order valence-corrected chi connectivity index (χ3v) is 7.87. The largest absolute Gasteiger partial charge is 0.330 e. The highest BCUT2D eigenvalue weighted by Gasteiger charge is 2.17. The second kappa shape index (κ2) is 8.70. The van der Waals surface area contributed by atoms with Crippen molar-refractivity contribution in [1.29, 1.82) is 0 Å². The number of rotatable bonds is 7. The number of halogens is 1. The average molecular weight is 485 g/mol. The highest BCUT2D eigenvalue weighted by molar-refractivity contribution is 9.10. The van der Waals surface area contributed by atoms with Crippen LogP contribution in [0.15, 0.2) is 62.2 Å². The minimum atomic E-state index is -3.43. The van der Waals surface area contributed by atoms with E-state index in [1.54, 1.807) is 18.2 Å². The van der Waals surface area contributed by atoms with Gasteiger partial charge in [0.15, 0.2) is 4.34 Å². The lowest BCUT2D eigenvalue weighted by Gasteiger charge is -2.12. The number of benzene rings is 2. The first-order chi connectivity index (χ1) is 12.8. The van der Waals surface area contributed by atoms with E-state index in [0.29, 0.717) is 15.8 Å². The zero-order valence-corrected chi connectivity index (χ0v) is 18.6. The molecule has 0 spiro atoms. The number of nitrogens with zero attached hydrogens (tertiary/aromatic N) is 3. The molecule has 0 saturated carbocycles. The molecule has 0 aliphatic carbocycles. The molecule has 0 aliphatic heterocycles. The number of aromatic nitrogens is 2. The van der Waals surface area contributed by atoms with Gasteiger partial charge >= 0.3 is 0 Å². The van der Waals surface area contributed by atoms with E-state index in [1.165, 1.54) is 41.5 Å². The van der Waals surface area contributed by atoms with Crippen molar-refractivity contribution >= 4 is 59.9 Å². The molecular weight excluding hydrogens is 468 g/mol. The van der Waals surface area contributed by atoms with Crippen LogP contribution in [0.5, 0.6) is 0 Å². The first-order valence-corrected chi connectivity index (χ1v) is 11.9. The Morgan fingerprint density at radius 3 is 2.67 bits per heavy atom. The van der Waals surface area contributed by atoms with Gasteiger partial charge in [0.05, 0.1) is 4.90 Å². The lowest BCUT2D eigenvalue weighted by Crippen LogP contribution is -2.22. The molecule has 0 fully saturated rings. The molecule has 0 aliphatic rings. The van der Waals surface area contributed by atoms with E-state index in [4.69, 9.17) is 0 Å². The maximum Gasteiger partial charge on any atom is 0.242 e. The molecule has 1 aromatic heterocycles. The second-order valence-corrected chi connectivity index (χ2v) is 11.0. The van der Waals surface area contributed by atoms with Crippen LogP contribution in [-0.2, 0) is 15.8 Å². The van der Waals surface area contributed by atoms with Crippen molar-refractivity contribution in [2.75, 3.05) is 19.4 Å². The maximum atomic E-state index is 12.2. The van der Waals surface area contributed by atoms with Crippen LogP contribution in [0.4, 0.5) is 10.8 Å². The smallest absolute Gasteiger partial charge is 0.242 e. The van der Waals surface area contributed by atoms with Crippen molar-refractivity contribution < 1.29 is 8.42 Å². The Morgan fingerprint density at radius 1 is 1.15 bits per heavy atom. The zero-order chi connectivity index (χ0) is 19.4. The van der Waals surface area contributed by atoms with Crippen LogP contribution in [0.2, 0.25) is 0 Å². The van der Waals surface area contributed by atoms with Crippen LogP contribution in [0.3, 0.4) is 0 Å². The molecule has 0 radical (unpaired) electrons. The Morgan fingerprint density at radius 2 is 1.93 bits per heavy atom. The highest BCUT2D eigenvalue weighted by atomic mass is 79.9. The van der Waals surface area contributed by atoms with Crippen molar-refractivity contribution in [2.45, 2.75) is 15.0 Å². The van der Waals surface area contributed by atoms with Crippen LogP contribution in [-0.4, -0.2) is 37.0 Å². The maximum absolute atomic E-state index is 12.2. The number of sulfonamides is 1. The van der Waals surface area contributed by atoms with Crippen molar-refractivity contribution in [1.82, 2.24) is 14.5 Å². The van der Waals surface area contributed by atoms with E-state index >= 15 is 0 Å². The van der Waals surface area contributed by atoms with Gasteiger partial charge in [0.1, 0.15) is 0 Å². The Balaban J connectivity index is 1.65. The van der Waals surface area contributed by atoms with Gasteiger partial charge in [0, 0.05) is 30.0 Å². The summed E-state index contributed by atoms with van der Waals surface area (Å²) in [6, 6.07) is 14.8. The number of hydrogen-bond donors (Lipinski definition) is 1. The van der Waals surface area contributed by atoms with Gasteiger partial charge in [-0.25, -0.2) is 12.7 Å². The summed E-state index contributed by atoms with van der Waals surface area (Å²) < 4.78 is 27.5. The number of hydrogen-bond acceptors (Lipinski definition) is 7. The van der Waals surface area contributed by atoms with Gasteiger partial charge in [0.2, 0.25) is 15.2 Å². The fraction of sp³-hybridized carbons (Fsp3) is 0.176. The molecule has 0 amide bonds. The summed E-state index contributed by atoms with van der Waals surface area (Å²) in [4.78, 5) is 0.292. The molecule has 6 nitrogen and oxygen atoms in total. The predicted octanol–water partition coefficient (Wildman–Crippen LogP) is 4.59. The molecule has 1 N–H and O–H groups in total. The highest BCUT2D eigenvalue weighted by Crippen LogP contribution is 2.31. The fourth-order valence-electron chi connectivity index (χ4n) is 2.16. The van der Waals surface area contributed by atoms with Gasteiger partial charge in [-0.2, -0.15) is 0 Å². The van der Waals surface area contributed by atoms with Crippen LogP contribution >= 0.6 is 39.0 Å². The monoisotopic (exact) mass is 484 g/mol. The summed E-state index contributed by atoms with van der Waals surface area (Å²) in [5.74, 6) is 0.613. The Bertz CT molecular complexity index is 1040. The molecule has 0 atom stereocenters. The minimum Gasteiger partial charge on any atom is -0.330 e. The summed E-state index contributed by atoms with van der Waals surface area (Å²) in [6.07, 6.45) is 0. The second-order valence-electron chi connectivity index (χ2n) is 5.73. The topological polar surface area (TPSA) is 75.2 Å². The van der Waals surface area contributed by atoms with Crippen LogP contribution in [0.1, 0.15) is 5.56 Å². The third kappa shape index (κ3) is 5.29. The van der Waals surface area contributed by atoms with Crippen molar-refractivity contribution in [2.24, 2.45) is 0 Å². The van der Waals surface area contributed by atoms with E-state index < -0.39 is 10.0 Å². The van der Waals surface area contributed by atoms with Gasteiger partial charge in [-0.05, 0) is 35.9 Å². The molecule has 2 aromatic carbocycles. The SMILES string of the molecule is CN(C)S(=O)(=O)c1cccc(CSc2nnc(Nc3cccc(Br)c3)s2)c1. The molecule has 142 valence electrons. The Labute approximate surface area is 175 Å². The molecule has 3 aromatic rings. The fourth-order valence-corrected chi connectivity index (χ4v) is 5.25. The molecule has 0 unspecified atom stereocenters. The number of thioether (sulfide) groups is 1. The lowest BCUT2D eigenvalue weighted by atomic mass is 10.2. The van der Waals surface area contributed by atoms with E-state index in [9.17, 15) is 8.42 Å². The lowest BCUT2D eigenvalue weighted by molar-refractivity contribution is 0.520. The molecule has 0 saturated heterocycles. The molecule has 3 rings (SSSR count). The van der Waals surface area contributed by atoms with Gasteiger partial charge < -0.3 is 5.32 Å². The molecule has 0 bridgehead atoms. The Hall–Kier alpha value is -1.46. The van der Waals surface area contributed by atoms with Gasteiger partial charge in [-0.3, -0.25) is 0 Å². The van der Waals surface area contributed by atoms with E-state index in [2.05, 4.69) is 31.4 Å². The minimum absolute atomic E-state index is 0.292. The quantitative estimate of drug-likeness (QED) is 0.494. The van der Waals surface area contributed by atoms with E-state index in [1.807, 2.05) is 30.3 Å². The van der Waals surface area contributed by atoms with Crippen molar-refractivity contribution in [3.63, 3.8) is 0 Å². The molecule has 1 heterocycles. The van der Waals surface area contributed by atoms with Crippen molar-refractivity contribution in [3.05, 3.63) is 58.6 Å². The first kappa shape index (κ1) is 20.3. The first-order valence-electron chi connectivity index (χ1n) is 7.85. The Kier molecular flexibility index (Phi) is 6.53. The normalized spacial score (nSPS) is 11.7. The number of nitrogens with one attached hydrogen (secondary N) is 1. The summed E-state index contributed by atoms with van der Waals surface area (Å²) in [5.41, 5.74) is 1.85. The molecule has 10 heteroatoms. The summed E-state index contributed by atoms with van der Waals surface area (Å²) in [5, 5.41) is 12.3. The third-order valence-electron chi connectivity index (χ3n) is 3.52. The van der Waals surface area contributed by atoms with Gasteiger partial charge in [0.25, 0.3) is 0 Å². The molecule has 27 heavy (non-hydrogen) atoms. The number of anilines is 2. The molecular formula is C17H17BrN4O2S3. The summed E-state index contributed by atoms with van der Waals surface area (Å²) in [7, 11) is -0.380. The van der Waals surface area contributed by atoms with Crippen LogP contribution in [0.25, 0.3) is 0 Å². The van der Waals surface area contributed by atoms with Crippen LogP contribution in [0, 0.1) is 0 Å². The zero-order valence-electron chi connectivity index (χ0n) is 14.6. The van der Waals surface area contributed by atoms with Crippen molar-refractivity contribution in [3.8, 4) is 0 Å². The summed E-state index contributed by atoms with van der Waals surface area (Å²) >= 11 is 6.42. The van der Waals surface area contributed by atoms with Gasteiger partial charge in [-0.15, -0.1) is 10.2 Å². The average Bonchev–Trinajstić information content (AvgIpc) is 3.07. The van der Waals surface area contributed by atoms with E-state index in [-0.39, 0.29) is 0 Å². The standard InChI is InChI=1S/C17H17BrN4O2S3/c1-22(2)27(23,24)15-8-3-5-12(9-15)11-25-17-21-20-16(26-17)19-14-7-4-6-13(18)10-14/h3-10H,11H2,1-2H3,(H,19,20). The van der Waals surface area contributed by atoms with Gasteiger partial charge in [-0.1, -0.05) is 57.2 Å². The predicted molar refractivity (Wildman–Crippen MR) is 114 cm³/mol.